The van der Waals surface area contributed by atoms with Gasteiger partial charge in [0.05, 0.1) is 18.3 Å². The maximum Gasteiger partial charge on any atom is 0.413 e. The van der Waals surface area contributed by atoms with E-state index in [1.807, 2.05) is 0 Å². The van der Waals surface area contributed by atoms with Crippen molar-refractivity contribution in [1.82, 2.24) is 15.0 Å². The number of pyridine rings is 1. The lowest BCUT2D eigenvalue weighted by Gasteiger charge is -2.04. The minimum Gasteiger partial charge on any atom is -0.456 e. The minimum absolute atomic E-state index is 0.217. The van der Waals surface area contributed by atoms with Gasteiger partial charge in [0.2, 0.25) is 5.95 Å². The van der Waals surface area contributed by atoms with E-state index >= 15 is 0 Å². The number of aromatic amines is 1. The summed E-state index contributed by atoms with van der Waals surface area (Å²) >= 11 is 0. The Labute approximate surface area is 130 Å². The minimum atomic E-state index is -0.609. The summed E-state index contributed by atoms with van der Waals surface area (Å²) < 4.78 is 23.4. The van der Waals surface area contributed by atoms with Gasteiger partial charge in [0, 0.05) is 12.1 Å². The predicted octanol–water partition coefficient (Wildman–Crippen LogP) is 3.46. The highest BCUT2D eigenvalue weighted by atomic mass is 19.1. The SMILES string of the molecule is CCOC(=O)Nc1nc2ncc(Oc3cccc(F)c3)cc2[nH]1. The molecule has 0 spiro atoms. The van der Waals surface area contributed by atoms with Crippen molar-refractivity contribution in [1.29, 1.82) is 0 Å². The zero-order chi connectivity index (χ0) is 16.2. The molecule has 0 saturated carbocycles. The number of benzene rings is 1. The second-order valence-corrected chi connectivity index (χ2v) is 4.53. The molecule has 0 unspecified atom stereocenters. The first-order valence-corrected chi connectivity index (χ1v) is 6.87. The number of H-pyrrole nitrogens is 1. The molecule has 0 fully saturated rings. The Morgan fingerprint density at radius 3 is 3.00 bits per heavy atom. The number of nitrogens with one attached hydrogen (secondary N) is 2. The molecule has 7 nitrogen and oxygen atoms in total. The lowest BCUT2D eigenvalue weighted by Crippen LogP contribution is -2.14. The average Bonchev–Trinajstić information content (AvgIpc) is 2.88. The topological polar surface area (TPSA) is 89.1 Å². The van der Waals surface area contributed by atoms with Crippen molar-refractivity contribution in [3.05, 3.63) is 42.3 Å². The molecule has 1 amide bonds. The zero-order valence-corrected chi connectivity index (χ0v) is 12.2. The number of imidazole rings is 1. The largest absolute Gasteiger partial charge is 0.456 e. The van der Waals surface area contributed by atoms with Crippen LogP contribution >= 0.6 is 0 Å². The fourth-order valence-electron chi connectivity index (χ4n) is 1.93. The van der Waals surface area contributed by atoms with E-state index in [1.54, 1.807) is 25.1 Å². The summed E-state index contributed by atoms with van der Waals surface area (Å²) in [7, 11) is 0. The molecule has 3 aromatic rings. The summed E-state index contributed by atoms with van der Waals surface area (Å²) in [6, 6.07) is 7.43. The number of carbonyl (C=O) groups is 1. The Kier molecular flexibility index (Phi) is 4.05. The fraction of sp³-hybridized carbons (Fsp3) is 0.133. The highest BCUT2D eigenvalue weighted by molar-refractivity contribution is 5.85. The molecule has 0 saturated heterocycles. The molecule has 23 heavy (non-hydrogen) atoms. The van der Waals surface area contributed by atoms with Crippen molar-refractivity contribution in [2.75, 3.05) is 11.9 Å². The van der Waals surface area contributed by atoms with Crippen molar-refractivity contribution in [3.63, 3.8) is 0 Å². The van der Waals surface area contributed by atoms with Crippen LogP contribution in [0.25, 0.3) is 11.2 Å². The molecule has 0 radical (unpaired) electrons. The molecule has 2 aromatic heterocycles. The zero-order valence-electron chi connectivity index (χ0n) is 12.2. The Hall–Kier alpha value is -3.16. The van der Waals surface area contributed by atoms with Gasteiger partial charge in [-0.2, -0.15) is 4.98 Å². The molecular formula is C15H13FN4O3. The monoisotopic (exact) mass is 316 g/mol. The van der Waals surface area contributed by atoms with Gasteiger partial charge < -0.3 is 14.5 Å². The Balaban J connectivity index is 1.80. The molecule has 2 N–H and O–H groups in total. The maximum absolute atomic E-state index is 13.1. The number of amides is 1. The Bertz CT molecular complexity index is 850. The molecule has 1 aromatic carbocycles. The third-order valence-electron chi connectivity index (χ3n) is 2.84. The van der Waals surface area contributed by atoms with E-state index in [0.29, 0.717) is 22.7 Å². The molecule has 0 aliphatic heterocycles. The van der Waals surface area contributed by atoms with Gasteiger partial charge in [-0.25, -0.2) is 14.2 Å². The number of halogens is 1. The van der Waals surface area contributed by atoms with Gasteiger partial charge in [-0.05, 0) is 19.1 Å². The molecular weight excluding hydrogens is 303 g/mol. The Morgan fingerprint density at radius 2 is 2.22 bits per heavy atom. The number of ether oxygens (including phenoxy) is 2. The van der Waals surface area contributed by atoms with Gasteiger partial charge >= 0.3 is 6.09 Å². The van der Waals surface area contributed by atoms with Crippen LogP contribution in [0.3, 0.4) is 0 Å². The van der Waals surface area contributed by atoms with E-state index in [0.717, 1.165) is 0 Å². The maximum atomic E-state index is 13.1. The van der Waals surface area contributed by atoms with Gasteiger partial charge in [0.25, 0.3) is 0 Å². The molecule has 2 heterocycles. The van der Waals surface area contributed by atoms with Crippen molar-refractivity contribution in [3.8, 4) is 11.5 Å². The summed E-state index contributed by atoms with van der Waals surface area (Å²) in [5.41, 5.74) is 0.967. The summed E-state index contributed by atoms with van der Waals surface area (Å²) in [5.74, 6) is 0.595. The van der Waals surface area contributed by atoms with Crippen LogP contribution in [0.2, 0.25) is 0 Å². The van der Waals surface area contributed by atoms with Crippen molar-refractivity contribution in [2.45, 2.75) is 6.92 Å². The van der Waals surface area contributed by atoms with E-state index < -0.39 is 6.09 Å². The van der Waals surface area contributed by atoms with E-state index in [-0.39, 0.29) is 18.4 Å². The quantitative estimate of drug-likeness (QED) is 0.769. The van der Waals surface area contributed by atoms with Gasteiger partial charge in [-0.3, -0.25) is 5.32 Å². The van der Waals surface area contributed by atoms with Gasteiger partial charge in [0.1, 0.15) is 17.3 Å². The van der Waals surface area contributed by atoms with E-state index in [4.69, 9.17) is 9.47 Å². The van der Waals surface area contributed by atoms with Gasteiger partial charge in [0.15, 0.2) is 5.65 Å². The van der Waals surface area contributed by atoms with E-state index in [9.17, 15) is 9.18 Å². The van der Waals surface area contributed by atoms with Crippen LogP contribution in [0.4, 0.5) is 15.1 Å². The van der Waals surface area contributed by atoms with E-state index in [1.165, 1.54) is 18.3 Å². The molecule has 0 aliphatic carbocycles. The normalized spacial score (nSPS) is 10.5. The predicted molar refractivity (Wildman–Crippen MR) is 81.0 cm³/mol. The van der Waals surface area contributed by atoms with Crippen molar-refractivity contribution in [2.24, 2.45) is 0 Å². The summed E-state index contributed by atoms with van der Waals surface area (Å²) in [4.78, 5) is 22.5. The smallest absolute Gasteiger partial charge is 0.413 e. The number of aromatic nitrogens is 3. The molecule has 0 atom stereocenters. The van der Waals surface area contributed by atoms with Gasteiger partial charge in [-0.1, -0.05) is 6.07 Å². The Morgan fingerprint density at radius 1 is 1.35 bits per heavy atom. The number of hydrogen-bond donors (Lipinski definition) is 2. The molecule has 8 heteroatoms. The first-order chi connectivity index (χ1) is 11.1. The lowest BCUT2D eigenvalue weighted by molar-refractivity contribution is 0.167. The molecule has 118 valence electrons. The summed E-state index contributed by atoms with van der Waals surface area (Å²) in [6.45, 7) is 1.96. The number of fused-ring (bicyclic) bond motifs is 1. The van der Waals surface area contributed by atoms with Crippen LogP contribution in [0.15, 0.2) is 36.5 Å². The lowest BCUT2D eigenvalue weighted by atomic mass is 10.3. The first kappa shape index (κ1) is 14.8. The number of anilines is 1. The third-order valence-corrected chi connectivity index (χ3v) is 2.84. The summed E-state index contributed by atoms with van der Waals surface area (Å²) in [6.07, 6.45) is 0.852. The average molecular weight is 316 g/mol. The van der Waals surface area contributed by atoms with E-state index in [2.05, 4.69) is 20.3 Å². The van der Waals surface area contributed by atoms with Crippen molar-refractivity contribution >= 4 is 23.2 Å². The second kappa shape index (κ2) is 6.30. The van der Waals surface area contributed by atoms with Crippen molar-refractivity contribution < 1.29 is 18.7 Å². The second-order valence-electron chi connectivity index (χ2n) is 4.53. The standard InChI is InChI=1S/C15H13FN4O3/c1-2-22-15(21)20-14-18-12-7-11(8-17-13(12)19-14)23-10-5-3-4-9(16)6-10/h3-8H,2H2,1H3,(H2,17,18,19,20,21). The molecule has 3 rings (SSSR count). The number of hydrogen-bond acceptors (Lipinski definition) is 5. The van der Waals surface area contributed by atoms with Crippen LogP contribution in [0.5, 0.6) is 11.5 Å². The fourth-order valence-corrected chi connectivity index (χ4v) is 1.93. The third kappa shape index (κ3) is 3.54. The highest BCUT2D eigenvalue weighted by Crippen LogP contribution is 2.24. The van der Waals surface area contributed by atoms with Crippen LogP contribution in [-0.2, 0) is 4.74 Å². The van der Waals surface area contributed by atoms with Gasteiger partial charge in [-0.15, -0.1) is 0 Å². The van der Waals surface area contributed by atoms with Crippen LogP contribution in [0, 0.1) is 5.82 Å². The summed E-state index contributed by atoms with van der Waals surface area (Å²) in [5, 5.41) is 2.45. The first-order valence-electron chi connectivity index (χ1n) is 6.87. The molecule has 0 aliphatic rings. The van der Waals surface area contributed by atoms with Crippen LogP contribution in [-0.4, -0.2) is 27.7 Å². The number of rotatable bonds is 4. The number of nitrogens with zero attached hydrogens (tertiary/aromatic N) is 2. The van der Waals surface area contributed by atoms with Crippen LogP contribution in [0.1, 0.15) is 6.92 Å². The highest BCUT2D eigenvalue weighted by Gasteiger charge is 2.09. The number of carbonyl (C=O) groups excluding carboxylic acids is 1. The van der Waals surface area contributed by atoms with Crippen LogP contribution < -0.4 is 10.1 Å². The molecule has 0 bridgehead atoms.